The number of carboxylic acids is 1. The van der Waals surface area contributed by atoms with Crippen molar-refractivity contribution in [3.63, 3.8) is 0 Å². The molecule has 2 aliphatic heterocycles. The van der Waals surface area contributed by atoms with Gasteiger partial charge in [-0.05, 0) is 84.4 Å². The van der Waals surface area contributed by atoms with Crippen molar-refractivity contribution < 1.29 is 33.8 Å². The fourth-order valence-corrected chi connectivity index (χ4v) is 7.37. The van der Waals surface area contributed by atoms with Gasteiger partial charge in [-0.25, -0.2) is 14.3 Å². The van der Waals surface area contributed by atoms with Crippen LogP contribution in [0.25, 0.3) is 16.7 Å². The number of nitrogens with zero attached hydrogens (tertiary/aromatic N) is 5. The summed E-state index contributed by atoms with van der Waals surface area (Å²) in [7, 11) is 0. The molecule has 14 nitrogen and oxygen atoms in total. The van der Waals surface area contributed by atoms with Crippen LogP contribution in [0.2, 0.25) is 0 Å². The highest BCUT2D eigenvalue weighted by molar-refractivity contribution is 5.96. The van der Waals surface area contributed by atoms with Gasteiger partial charge in [0.2, 0.25) is 11.8 Å². The number of para-hydroxylation sites is 1. The summed E-state index contributed by atoms with van der Waals surface area (Å²) in [6.45, 7) is 13.5. The van der Waals surface area contributed by atoms with E-state index in [1.165, 1.54) is 4.90 Å². The Bertz CT molecular complexity index is 1890. The number of amides is 3. The molecule has 3 aromatic rings. The molecule has 1 aliphatic carbocycles. The minimum absolute atomic E-state index is 0.0257. The smallest absolute Gasteiger partial charge is 0.408 e. The second-order valence-corrected chi connectivity index (χ2v) is 16.2. The first-order chi connectivity index (χ1) is 25.1. The van der Waals surface area contributed by atoms with Crippen molar-refractivity contribution in [2.45, 2.75) is 135 Å². The number of imidazole rings is 1. The molecule has 1 aromatic carbocycles. The van der Waals surface area contributed by atoms with Gasteiger partial charge in [0.05, 0.1) is 23.4 Å². The molecule has 4 heterocycles. The molecular weight excluding hydrogens is 678 g/mol. The largest absolute Gasteiger partial charge is 0.479 e. The predicted molar refractivity (Wildman–Crippen MR) is 198 cm³/mol. The predicted octanol–water partition coefficient (Wildman–Crippen LogP) is 5.65. The molecular formula is C39H53N7O7. The Hall–Kier alpha value is -4.88. The van der Waals surface area contributed by atoms with Crippen LogP contribution in [0.15, 0.2) is 42.6 Å². The number of benzene rings is 1. The van der Waals surface area contributed by atoms with Crippen molar-refractivity contribution in [1.29, 1.82) is 0 Å². The van der Waals surface area contributed by atoms with E-state index in [9.17, 15) is 24.3 Å². The van der Waals surface area contributed by atoms with E-state index in [0.717, 1.165) is 36.2 Å². The van der Waals surface area contributed by atoms with Crippen molar-refractivity contribution in [2.24, 2.45) is 5.92 Å². The number of alkyl carbamates (subject to hydrolysis) is 1. The summed E-state index contributed by atoms with van der Waals surface area (Å²) in [4.78, 5) is 60.4. The van der Waals surface area contributed by atoms with Crippen molar-refractivity contribution in [3.8, 4) is 11.7 Å². The van der Waals surface area contributed by atoms with E-state index in [1.807, 2.05) is 65.7 Å². The highest BCUT2D eigenvalue weighted by atomic mass is 16.6. The molecule has 0 unspecified atom stereocenters. The molecule has 6 rings (SSSR count). The SMILES string of the molecule is CC(C)c1ccn(-c2cccc3c2nc(O[C@@H]2C[C@H]4C(=O)N[C@]5(C(=O)O)C[C@H]5/C=C\CCCCC[C@H](NC(=O)OC(C)(C)C)C(=O)N4C2)n3C(C)C)n1. The molecule has 1 saturated heterocycles. The number of carbonyl (C=O) groups excluding carboxylic acids is 3. The summed E-state index contributed by atoms with van der Waals surface area (Å²) in [6, 6.07) is 6.13. The van der Waals surface area contributed by atoms with Crippen LogP contribution in [-0.4, -0.2) is 89.1 Å². The van der Waals surface area contributed by atoms with E-state index in [0.29, 0.717) is 24.4 Å². The first-order valence-electron chi connectivity index (χ1n) is 18.8. The molecule has 5 atom stereocenters. The van der Waals surface area contributed by atoms with Crippen molar-refractivity contribution in [3.05, 3.63) is 48.3 Å². The molecule has 286 valence electrons. The Labute approximate surface area is 310 Å². The standard InChI is InChI=1S/C39H53N7O7/c1-23(2)27-18-19-45(43-27)29-16-13-17-30-32(29)41-36(46(30)24(3)4)52-26-20-31-33(47)42-39(35(49)50)21-25(39)14-11-9-8-10-12-15-28(34(48)44(31)22-26)40-37(51)53-38(5,6)7/h11,13-14,16-19,23-26,28,31H,8-10,12,15,20-22H2,1-7H3,(H,40,51)(H,42,47)(H,49,50)/b14-11-/t25-,26-,28+,31+,39-/m1/s1. The van der Waals surface area contributed by atoms with Crippen LogP contribution in [0, 0.1) is 5.92 Å². The minimum Gasteiger partial charge on any atom is -0.479 e. The first-order valence-corrected chi connectivity index (χ1v) is 18.8. The monoisotopic (exact) mass is 731 g/mol. The number of fused-ring (bicyclic) bond motifs is 3. The maximum atomic E-state index is 14.4. The summed E-state index contributed by atoms with van der Waals surface area (Å²) in [5.74, 6) is -2.24. The molecule has 0 radical (unpaired) electrons. The lowest BCUT2D eigenvalue weighted by atomic mass is 10.0. The van der Waals surface area contributed by atoms with Crippen LogP contribution in [0.1, 0.15) is 111 Å². The molecule has 53 heavy (non-hydrogen) atoms. The number of ether oxygens (including phenoxy) is 2. The number of carbonyl (C=O) groups is 4. The van der Waals surface area contributed by atoms with Crippen LogP contribution in [0.5, 0.6) is 6.01 Å². The molecule has 0 spiro atoms. The van der Waals surface area contributed by atoms with Crippen LogP contribution in [0.3, 0.4) is 0 Å². The van der Waals surface area contributed by atoms with E-state index in [1.54, 1.807) is 20.8 Å². The summed E-state index contributed by atoms with van der Waals surface area (Å²) in [5.41, 5.74) is 1.05. The summed E-state index contributed by atoms with van der Waals surface area (Å²) in [6.07, 6.45) is 8.11. The van der Waals surface area contributed by atoms with Crippen molar-refractivity contribution in [2.75, 3.05) is 6.54 Å². The van der Waals surface area contributed by atoms with E-state index >= 15 is 0 Å². The van der Waals surface area contributed by atoms with Gasteiger partial charge in [-0.1, -0.05) is 44.9 Å². The average Bonchev–Trinajstić information content (AvgIpc) is 3.44. The van der Waals surface area contributed by atoms with Gasteiger partial charge in [0, 0.05) is 24.6 Å². The van der Waals surface area contributed by atoms with Gasteiger partial charge in [0.15, 0.2) is 0 Å². The fraction of sp³-hybridized carbons (Fsp3) is 0.590. The van der Waals surface area contributed by atoms with Crippen molar-refractivity contribution in [1.82, 2.24) is 34.9 Å². The number of nitrogens with one attached hydrogen (secondary N) is 2. The van der Waals surface area contributed by atoms with Crippen LogP contribution < -0.4 is 15.4 Å². The lowest BCUT2D eigenvalue weighted by Gasteiger charge is -2.30. The summed E-state index contributed by atoms with van der Waals surface area (Å²) in [5, 5.41) is 20.6. The van der Waals surface area contributed by atoms with Crippen LogP contribution >= 0.6 is 0 Å². The topological polar surface area (TPSA) is 170 Å². The Kier molecular flexibility index (Phi) is 10.6. The van der Waals surface area contributed by atoms with E-state index in [2.05, 4.69) is 24.5 Å². The molecule has 1 saturated carbocycles. The molecule has 0 bridgehead atoms. The molecule has 2 fully saturated rings. The van der Waals surface area contributed by atoms with E-state index < -0.39 is 53.2 Å². The van der Waals surface area contributed by atoms with E-state index in [4.69, 9.17) is 19.6 Å². The third kappa shape index (κ3) is 8.06. The second kappa shape index (κ2) is 14.9. The van der Waals surface area contributed by atoms with Gasteiger partial charge >= 0.3 is 12.1 Å². The third-order valence-corrected chi connectivity index (χ3v) is 10.2. The number of hydrogen-bond acceptors (Lipinski definition) is 8. The number of hydrogen-bond donors (Lipinski definition) is 3. The number of aliphatic carboxylic acids is 1. The molecule has 3 amide bonds. The lowest BCUT2D eigenvalue weighted by molar-refractivity contribution is -0.145. The molecule has 3 N–H and O–H groups in total. The van der Waals surface area contributed by atoms with Crippen LogP contribution in [-0.2, 0) is 19.1 Å². The van der Waals surface area contributed by atoms with Crippen LogP contribution in [0.4, 0.5) is 4.79 Å². The molecule has 14 heteroatoms. The van der Waals surface area contributed by atoms with Gasteiger partial charge in [-0.3, -0.25) is 14.2 Å². The zero-order valence-corrected chi connectivity index (χ0v) is 31.8. The zero-order valence-electron chi connectivity index (χ0n) is 31.8. The average molecular weight is 732 g/mol. The maximum Gasteiger partial charge on any atom is 0.408 e. The number of aromatic nitrogens is 4. The summed E-state index contributed by atoms with van der Waals surface area (Å²) >= 11 is 0. The number of allylic oxidation sites excluding steroid dienone is 1. The quantitative estimate of drug-likeness (QED) is 0.260. The van der Waals surface area contributed by atoms with Crippen molar-refractivity contribution >= 4 is 34.9 Å². The minimum atomic E-state index is -1.44. The van der Waals surface area contributed by atoms with Gasteiger partial charge in [-0.15, -0.1) is 0 Å². The highest BCUT2D eigenvalue weighted by Gasteiger charge is 2.61. The molecule has 2 aromatic heterocycles. The Morgan fingerprint density at radius 2 is 1.87 bits per heavy atom. The normalized spacial score (nSPS) is 26.0. The van der Waals surface area contributed by atoms with Gasteiger partial charge in [0.1, 0.15) is 34.8 Å². The lowest BCUT2D eigenvalue weighted by Crippen LogP contribution is -2.56. The maximum absolute atomic E-state index is 14.4. The summed E-state index contributed by atoms with van der Waals surface area (Å²) < 4.78 is 15.9. The Balaban J connectivity index is 1.34. The van der Waals surface area contributed by atoms with Gasteiger partial charge < -0.3 is 30.1 Å². The van der Waals surface area contributed by atoms with E-state index in [-0.39, 0.29) is 37.3 Å². The Morgan fingerprint density at radius 1 is 1.09 bits per heavy atom. The van der Waals surface area contributed by atoms with Gasteiger partial charge in [0.25, 0.3) is 6.01 Å². The first kappa shape index (κ1) is 37.9. The molecule has 3 aliphatic rings. The third-order valence-electron chi connectivity index (χ3n) is 10.2. The Morgan fingerprint density at radius 3 is 2.55 bits per heavy atom. The number of rotatable bonds is 7. The second-order valence-electron chi connectivity index (χ2n) is 16.2. The number of carboxylic acid groups (broad SMARTS) is 1. The fourth-order valence-electron chi connectivity index (χ4n) is 7.37. The zero-order chi connectivity index (χ0) is 38.2. The highest BCUT2D eigenvalue weighted by Crippen LogP contribution is 2.45. The van der Waals surface area contributed by atoms with Gasteiger partial charge in [-0.2, -0.15) is 10.1 Å².